The number of amides is 1. The molecule has 0 aliphatic carbocycles. The molecule has 0 saturated carbocycles. The highest BCUT2D eigenvalue weighted by molar-refractivity contribution is 5.97. The maximum atomic E-state index is 12.4. The number of benzene rings is 2. The third-order valence-electron chi connectivity index (χ3n) is 4.02. The number of methoxy groups -OCH3 is 3. The van der Waals surface area contributed by atoms with E-state index in [1.807, 2.05) is 12.1 Å². The monoisotopic (exact) mass is 400 g/mol. The molecule has 0 aliphatic rings. The number of aromatic nitrogens is 1. The second-order valence-electron chi connectivity index (χ2n) is 5.83. The van der Waals surface area contributed by atoms with Crippen LogP contribution in [0.5, 0.6) is 17.2 Å². The summed E-state index contributed by atoms with van der Waals surface area (Å²) in [6, 6.07) is 10.2. The van der Waals surface area contributed by atoms with Crippen molar-refractivity contribution in [2.45, 2.75) is 6.61 Å². The minimum Gasteiger partial charge on any atom is -0.493 e. The van der Waals surface area contributed by atoms with E-state index in [9.17, 15) is 9.59 Å². The lowest BCUT2D eigenvalue weighted by atomic mass is 10.1. The van der Waals surface area contributed by atoms with Gasteiger partial charge in [0.1, 0.15) is 12.1 Å². The van der Waals surface area contributed by atoms with Gasteiger partial charge in [-0.05, 0) is 24.3 Å². The number of hydrogen-bond donors (Lipinski definition) is 1. The second kappa shape index (κ2) is 8.96. The standard InChI is InChI=1S/C20H20N2O7/c1-25-15-8-12(9-16(26-2)19(15)27-3)20(24)21-10-18(23)28-11-17-22-13-6-4-5-7-14(13)29-17/h4-9H,10-11H2,1-3H3,(H,21,24). The van der Waals surface area contributed by atoms with Crippen molar-refractivity contribution in [2.24, 2.45) is 0 Å². The van der Waals surface area contributed by atoms with Gasteiger partial charge in [-0.15, -0.1) is 0 Å². The summed E-state index contributed by atoms with van der Waals surface area (Å²) in [4.78, 5) is 28.5. The molecular formula is C20H20N2O7. The molecule has 0 radical (unpaired) electrons. The van der Waals surface area contributed by atoms with E-state index in [0.717, 1.165) is 0 Å². The van der Waals surface area contributed by atoms with Gasteiger partial charge < -0.3 is 28.7 Å². The van der Waals surface area contributed by atoms with E-state index in [-0.39, 0.29) is 24.6 Å². The normalized spacial score (nSPS) is 10.4. The average molecular weight is 400 g/mol. The van der Waals surface area contributed by atoms with Crippen molar-refractivity contribution in [3.05, 3.63) is 47.9 Å². The molecule has 29 heavy (non-hydrogen) atoms. The minimum absolute atomic E-state index is 0.131. The van der Waals surface area contributed by atoms with Gasteiger partial charge in [0.05, 0.1) is 21.3 Å². The number of carbonyl (C=O) groups is 2. The van der Waals surface area contributed by atoms with Gasteiger partial charge in [-0.1, -0.05) is 12.1 Å². The molecule has 9 heteroatoms. The highest BCUT2D eigenvalue weighted by Gasteiger charge is 2.18. The Morgan fingerprint density at radius 2 is 1.72 bits per heavy atom. The number of fused-ring (bicyclic) bond motifs is 1. The Hall–Kier alpha value is -3.75. The number of nitrogens with one attached hydrogen (secondary N) is 1. The highest BCUT2D eigenvalue weighted by Crippen LogP contribution is 2.38. The van der Waals surface area contributed by atoms with E-state index in [1.165, 1.54) is 33.5 Å². The van der Waals surface area contributed by atoms with Gasteiger partial charge in [0.25, 0.3) is 5.91 Å². The maximum Gasteiger partial charge on any atom is 0.325 e. The fraction of sp³-hybridized carbons (Fsp3) is 0.250. The Bertz CT molecular complexity index is 971. The van der Waals surface area contributed by atoms with Crippen molar-refractivity contribution in [1.29, 1.82) is 0 Å². The van der Waals surface area contributed by atoms with Crippen molar-refractivity contribution in [3.8, 4) is 17.2 Å². The van der Waals surface area contributed by atoms with Crippen LogP contribution in [0.25, 0.3) is 11.1 Å². The van der Waals surface area contributed by atoms with E-state index in [4.69, 9.17) is 23.4 Å². The molecule has 3 aromatic rings. The number of nitrogens with zero attached hydrogens (tertiary/aromatic N) is 1. The summed E-state index contributed by atoms with van der Waals surface area (Å²) < 4.78 is 26.2. The predicted molar refractivity (Wildman–Crippen MR) is 102 cm³/mol. The molecule has 1 heterocycles. The summed E-state index contributed by atoms with van der Waals surface area (Å²) >= 11 is 0. The Morgan fingerprint density at radius 3 is 2.34 bits per heavy atom. The number of hydrogen-bond acceptors (Lipinski definition) is 8. The van der Waals surface area contributed by atoms with Crippen LogP contribution in [0.4, 0.5) is 0 Å². The SMILES string of the molecule is COc1cc(C(=O)NCC(=O)OCc2nc3ccccc3o2)cc(OC)c1OC. The van der Waals surface area contributed by atoms with Crippen LogP contribution in [0.3, 0.4) is 0 Å². The number of oxazole rings is 1. The first kappa shape index (κ1) is 20.0. The summed E-state index contributed by atoms with van der Waals surface area (Å²) in [7, 11) is 4.36. The first-order chi connectivity index (χ1) is 14.0. The van der Waals surface area contributed by atoms with Crippen LogP contribution >= 0.6 is 0 Å². The van der Waals surface area contributed by atoms with Crippen LogP contribution in [0.2, 0.25) is 0 Å². The lowest BCUT2D eigenvalue weighted by Gasteiger charge is -2.14. The third kappa shape index (κ3) is 4.57. The number of carbonyl (C=O) groups excluding carboxylic acids is 2. The Morgan fingerprint density at radius 1 is 1.03 bits per heavy atom. The average Bonchev–Trinajstić information content (AvgIpc) is 3.17. The third-order valence-corrected chi connectivity index (χ3v) is 4.02. The number of esters is 1. The Balaban J connectivity index is 1.57. The molecule has 0 bridgehead atoms. The summed E-state index contributed by atoms with van der Waals surface area (Å²) in [6.45, 7) is -0.455. The molecular weight excluding hydrogens is 380 g/mol. The van der Waals surface area contributed by atoms with Crippen molar-refractivity contribution >= 4 is 23.0 Å². The molecule has 0 atom stereocenters. The topological polar surface area (TPSA) is 109 Å². The van der Waals surface area contributed by atoms with Crippen LogP contribution < -0.4 is 19.5 Å². The molecule has 9 nitrogen and oxygen atoms in total. The van der Waals surface area contributed by atoms with Crippen LogP contribution in [0.1, 0.15) is 16.2 Å². The summed E-state index contributed by atoms with van der Waals surface area (Å²) in [5.41, 5.74) is 1.52. The molecule has 152 valence electrons. The Kier molecular flexibility index (Phi) is 6.18. The molecule has 0 spiro atoms. The zero-order chi connectivity index (χ0) is 20.8. The summed E-state index contributed by atoms with van der Waals surface area (Å²) in [6.07, 6.45) is 0. The van der Waals surface area contributed by atoms with Gasteiger partial charge in [0.15, 0.2) is 23.7 Å². The summed E-state index contributed by atoms with van der Waals surface area (Å²) in [5.74, 6) is 0.169. The number of para-hydroxylation sites is 2. The smallest absolute Gasteiger partial charge is 0.325 e. The fourth-order valence-electron chi connectivity index (χ4n) is 2.64. The molecule has 1 aromatic heterocycles. The molecule has 0 unspecified atom stereocenters. The fourth-order valence-corrected chi connectivity index (χ4v) is 2.64. The summed E-state index contributed by atoms with van der Waals surface area (Å²) in [5, 5.41) is 2.49. The second-order valence-corrected chi connectivity index (χ2v) is 5.83. The molecule has 0 saturated heterocycles. The number of ether oxygens (including phenoxy) is 4. The number of rotatable bonds is 8. The Labute approximate surface area is 166 Å². The highest BCUT2D eigenvalue weighted by atomic mass is 16.5. The predicted octanol–water partition coefficient (Wildman–Crippen LogP) is 2.33. The van der Waals surface area contributed by atoms with Crippen LogP contribution in [-0.4, -0.2) is 44.7 Å². The first-order valence-electron chi connectivity index (χ1n) is 8.64. The van der Waals surface area contributed by atoms with Crippen molar-refractivity contribution in [3.63, 3.8) is 0 Å². The van der Waals surface area contributed by atoms with Crippen LogP contribution in [0.15, 0.2) is 40.8 Å². The van der Waals surface area contributed by atoms with E-state index in [1.54, 1.807) is 12.1 Å². The zero-order valence-electron chi connectivity index (χ0n) is 16.2. The van der Waals surface area contributed by atoms with Crippen molar-refractivity contribution < 1.29 is 33.0 Å². The van der Waals surface area contributed by atoms with Gasteiger partial charge >= 0.3 is 5.97 Å². The quantitative estimate of drug-likeness (QED) is 0.574. The molecule has 1 amide bonds. The van der Waals surface area contributed by atoms with E-state index in [2.05, 4.69) is 10.3 Å². The van der Waals surface area contributed by atoms with Crippen LogP contribution in [-0.2, 0) is 16.1 Å². The molecule has 3 rings (SSSR count). The largest absolute Gasteiger partial charge is 0.493 e. The van der Waals surface area contributed by atoms with Gasteiger partial charge in [-0.2, -0.15) is 0 Å². The van der Waals surface area contributed by atoms with Crippen LogP contribution in [0, 0.1) is 0 Å². The first-order valence-corrected chi connectivity index (χ1v) is 8.64. The van der Waals surface area contributed by atoms with Gasteiger partial charge in [0.2, 0.25) is 11.6 Å². The molecule has 0 aliphatic heterocycles. The zero-order valence-corrected chi connectivity index (χ0v) is 16.2. The van der Waals surface area contributed by atoms with Crippen molar-refractivity contribution in [1.82, 2.24) is 10.3 Å². The van der Waals surface area contributed by atoms with Crippen molar-refractivity contribution in [2.75, 3.05) is 27.9 Å². The van der Waals surface area contributed by atoms with Gasteiger partial charge in [-0.25, -0.2) is 4.98 Å². The maximum absolute atomic E-state index is 12.4. The molecule has 2 aromatic carbocycles. The minimum atomic E-state index is -0.631. The molecule has 0 fully saturated rings. The van der Waals surface area contributed by atoms with E-state index >= 15 is 0 Å². The lowest BCUT2D eigenvalue weighted by molar-refractivity contribution is -0.144. The van der Waals surface area contributed by atoms with E-state index in [0.29, 0.717) is 28.3 Å². The van der Waals surface area contributed by atoms with Gasteiger partial charge in [-0.3, -0.25) is 9.59 Å². The van der Waals surface area contributed by atoms with Gasteiger partial charge in [0, 0.05) is 5.56 Å². The van der Waals surface area contributed by atoms with E-state index < -0.39 is 11.9 Å². The molecule has 1 N–H and O–H groups in total. The lowest BCUT2D eigenvalue weighted by Crippen LogP contribution is -2.30.